The minimum absolute atomic E-state index is 0.153. The van der Waals surface area contributed by atoms with E-state index in [1.54, 1.807) is 7.11 Å². The quantitative estimate of drug-likeness (QED) is 0.422. The van der Waals surface area contributed by atoms with E-state index in [4.69, 9.17) is 4.74 Å². The molecule has 216 valence electrons. The molecule has 0 bridgehead atoms. The van der Waals surface area contributed by atoms with E-state index in [1.165, 1.54) is 12.8 Å². The van der Waals surface area contributed by atoms with E-state index < -0.39 is 0 Å². The number of hydrogen-bond donors (Lipinski definition) is 2. The summed E-state index contributed by atoms with van der Waals surface area (Å²) in [6.45, 7) is 11.2. The molecule has 3 heterocycles. The van der Waals surface area contributed by atoms with Gasteiger partial charge in [0, 0.05) is 74.6 Å². The summed E-state index contributed by atoms with van der Waals surface area (Å²) in [4.78, 5) is 34.2. The van der Waals surface area contributed by atoms with E-state index in [1.807, 2.05) is 43.9 Å². The summed E-state index contributed by atoms with van der Waals surface area (Å²) in [7, 11) is 3.73. The number of H-pyrrole nitrogens is 1. The Bertz CT molecular complexity index is 1430. The predicted molar refractivity (Wildman–Crippen MR) is 159 cm³/mol. The van der Waals surface area contributed by atoms with Gasteiger partial charge in [0.05, 0.1) is 23.5 Å². The van der Waals surface area contributed by atoms with Crippen LogP contribution in [0.1, 0.15) is 72.3 Å². The summed E-state index contributed by atoms with van der Waals surface area (Å²) in [5.74, 6) is -0.161. The van der Waals surface area contributed by atoms with Crippen molar-refractivity contribution in [3.05, 3.63) is 56.6 Å². The second-order valence-corrected chi connectivity index (χ2v) is 11.5. The number of nitrogens with zero attached hydrogens (tertiary/aromatic N) is 4. The molecule has 3 aromatic rings. The molecule has 1 amide bonds. The maximum Gasteiger partial charge on any atom is 0.253 e. The number of hydrogen-bond acceptors (Lipinski definition) is 6. The zero-order valence-electron chi connectivity index (χ0n) is 24.8. The van der Waals surface area contributed by atoms with Crippen LogP contribution in [0.4, 0.5) is 5.69 Å². The van der Waals surface area contributed by atoms with Crippen LogP contribution in [-0.2, 0) is 24.8 Å². The zero-order valence-corrected chi connectivity index (χ0v) is 24.8. The van der Waals surface area contributed by atoms with E-state index in [9.17, 15) is 9.59 Å². The normalized spacial score (nSPS) is 20.1. The van der Waals surface area contributed by atoms with Gasteiger partial charge in [-0.25, -0.2) is 0 Å². The Morgan fingerprint density at radius 3 is 2.50 bits per heavy atom. The molecule has 2 aromatic heterocycles. The fraction of sp³-hybridized carbons (Fsp3) is 0.581. The van der Waals surface area contributed by atoms with E-state index in [0.717, 1.165) is 72.3 Å². The summed E-state index contributed by atoms with van der Waals surface area (Å²) >= 11 is 0. The second kappa shape index (κ2) is 11.7. The Morgan fingerprint density at radius 2 is 1.88 bits per heavy atom. The molecule has 2 aliphatic rings. The Balaban J connectivity index is 1.43. The summed E-state index contributed by atoms with van der Waals surface area (Å²) in [6, 6.07) is 4.95. The van der Waals surface area contributed by atoms with E-state index >= 15 is 0 Å². The van der Waals surface area contributed by atoms with Gasteiger partial charge in [-0.3, -0.25) is 19.2 Å². The van der Waals surface area contributed by atoms with Crippen LogP contribution in [0.3, 0.4) is 0 Å². The predicted octanol–water partition coefficient (Wildman–Crippen LogP) is 3.84. The van der Waals surface area contributed by atoms with Crippen molar-refractivity contribution in [2.45, 2.75) is 84.5 Å². The molecule has 9 nitrogen and oxygen atoms in total. The lowest BCUT2D eigenvalue weighted by Crippen LogP contribution is -2.57. The average molecular weight is 549 g/mol. The van der Waals surface area contributed by atoms with Crippen molar-refractivity contribution in [1.29, 1.82) is 0 Å². The lowest BCUT2D eigenvalue weighted by atomic mass is 9.86. The lowest BCUT2D eigenvalue weighted by molar-refractivity contribution is -0.0578. The number of rotatable bonds is 9. The van der Waals surface area contributed by atoms with Crippen LogP contribution in [0.2, 0.25) is 0 Å². The van der Waals surface area contributed by atoms with Crippen molar-refractivity contribution in [2.75, 3.05) is 31.6 Å². The molecular weight excluding hydrogens is 504 g/mol. The van der Waals surface area contributed by atoms with Crippen molar-refractivity contribution in [3.63, 3.8) is 0 Å². The number of ether oxygens (including phenoxy) is 1. The van der Waals surface area contributed by atoms with Crippen LogP contribution in [-0.4, -0.2) is 70.5 Å². The van der Waals surface area contributed by atoms with E-state index in [-0.39, 0.29) is 18.0 Å². The Morgan fingerprint density at radius 1 is 1.15 bits per heavy atom. The van der Waals surface area contributed by atoms with Gasteiger partial charge in [0.2, 0.25) is 0 Å². The third-order valence-electron chi connectivity index (χ3n) is 9.11. The molecule has 0 spiro atoms. The molecule has 1 aliphatic heterocycles. The molecule has 2 fully saturated rings. The topological polar surface area (TPSA) is 95.5 Å². The molecular formula is C31H44N6O3. The first kappa shape index (κ1) is 28.4. The number of anilines is 1. The summed E-state index contributed by atoms with van der Waals surface area (Å²) in [5, 5.41) is 8.72. The third-order valence-corrected chi connectivity index (χ3v) is 9.11. The molecule has 1 aliphatic carbocycles. The zero-order chi connectivity index (χ0) is 28.6. The standard InChI is InChI=1S/C31H44N6O3/c1-7-24-25(30(38)32-15-26-19(3)13-20(4)34-31(26)39)14-28-27(16-33-35(28)5)29(24)37(8-2)22-11-9-21(10-12-22)36-17-23(18-36)40-6/h13-14,16,21-23H,7-12,15,17-18H2,1-6H3,(H,32,38)(H,34,39)/t21-,22+. The third kappa shape index (κ3) is 5.29. The number of aryl methyl sites for hydroxylation is 3. The van der Waals surface area contributed by atoms with Crippen LogP contribution >= 0.6 is 0 Å². The van der Waals surface area contributed by atoms with Crippen molar-refractivity contribution in [2.24, 2.45) is 7.05 Å². The first-order valence-electron chi connectivity index (χ1n) is 14.7. The average Bonchev–Trinajstić information content (AvgIpc) is 3.28. The number of fused-ring (bicyclic) bond motifs is 1. The highest BCUT2D eigenvalue weighted by Gasteiger charge is 2.36. The van der Waals surface area contributed by atoms with Gasteiger partial charge in [0.15, 0.2) is 0 Å². The number of nitrogens with one attached hydrogen (secondary N) is 2. The largest absolute Gasteiger partial charge is 0.379 e. The number of amides is 1. The van der Waals surface area contributed by atoms with Gasteiger partial charge in [-0.15, -0.1) is 0 Å². The molecule has 5 rings (SSSR count). The highest BCUT2D eigenvalue weighted by Crippen LogP contribution is 2.39. The van der Waals surface area contributed by atoms with Gasteiger partial charge >= 0.3 is 0 Å². The van der Waals surface area contributed by atoms with Gasteiger partial charge in [0.25, 0.3) is 11.5 Å². The number of carbonyl (C=O) groups excluding carboxylic acids is 1. The molecule has 1 saturated carbocycles. The van der Waals surface area contributed by atoms with Gasteiger partial charge in [-0.1, -0.05) is 6.92 Å². The van der Waals surface area contributed by atoms with E-state index in [0.29, 0.717) is 29.3 Å². The smallest absolute Gasteiger partial charge is 0.253 e. The van der Waals surface area contributed by atoms with Crippen LogP contribution in [0.5, 0.6) is 0 Å². The SMILES string of the molecule is CCc1c(C(=O)NCc2c(C)cc(C)[nH]c2=O)cc2c(cnn2C)c1N(CC)[C@H]1CC[C@@H](N2CC(OC)C2)CC1. The van der Waals surface area contributed by atoms with Gasteiger partial charge in [-0.2, -0.15) is 5.10 Å². The highest BCUT2D eigenvalue weighted by atomic mass is 16.5. The molecule has 0 unspecified atom stereocenters. The number of likely N-dealkylation sites (tertiary alicyclic amines) is 1. The van der Waals surface area contributed by atoms with Crippen molar-refractivity contribution in [3.8, 4) is 0 Å². The molecule has 0 atom stereocenters. The second-order valence-electron chi connectivity index (χ2n) is 11.5. The van der Waals surface area contributed by atoms with Crippen LogP contribution in [0, 0.1) is 13.8 Å². The molecule has 1 saturated heterocycles. The number of pyridine rings is 1. The number of aromatic nitrogens is 3. The lowest BCUT2D eigenvalue weighted by Gasteiger charge is -2.47. The highest BCUT2D eigenvalue weighted by molar-refractivity contribution is 6.05. The maximum atomic E-state index is 13.7. The summed E-state index contributed by atoms with van der Waals surface area (Å²) in [6.07, 6.45) is 7.68. The minimum Gasteiger partial charge on any atom is -0.379 e. The molecule has 2 N–H and O–H groups in total. The number of benzene rings is 1. The minimum atomic E-state index is -0.161. The summed E-state index contributed by atoms with van der Waals surface area (Å²) < 4.78 is 7.34. The number of aromatic amines is 1. The molecule has 0 radical (unpaired) electrons. The Labute approximate surface area is 236 Å². The molecule has 1 aromatic carbocycles. The fourth-order valence-electron chi connectivity index (χ4n) is 6.82. The monoisotopic (exact) mass is 548 g/mol. The Hall–Kier alpha value is -3.17. The van der Waals surface area contributed by atoms with Crippen molar-refractivity contribution < 1.29 is 9.53 Å². The van der Waals surface area contributed by atoms with Crippen LogP contribution < -0.4 is 15.8 Å². The Kier molecular flexibility index (Phi) is 8.33. The summed E-state index contributed by atoms with van der Waals surface area (Å²) in [5.41, 5.74) is 5.91. The van der Waals surface area contributed by atoms with Crippen LogP contribution in [0.15, 0.2) is 23.1 Å². The molecule has 40 heavy (non-hydrogen) atoms. The van der Waals surface area contributed by atoms with Gasteiger partial charge in [0.1, 0.15) is 0 Å². The number of carbonyl (C=O) groups is 1. The van der Waals surface area contributed by atoms with Gasteiger partial charge < -0.3 is 19.9 Å². The maximum absolute atomic E-state index is 13.7. The van der Waals surface area contributed by atoms with Crippen LogP contribution in [0.25, 0.3) is 10.9 Å². The van der Waals surface area contributed by atoms with Crippen molar-refractivity contribution >= 4 is 22.5 Å². The first-order chi connectivity index (χ1) is 19.2. The fourth-order valence-corrected chi connectivity index (χ4v) is 6.82. The van der Waals surface area contributed by atoms with Crippen molar-refractivity contribution in [1.82, 2.24) is 25.0 Å². The number of methoxy groups -OCH3 is 1. The van der Waals surface area contributed by atoms with Gasteiger partial charge in [-0.05, 0) is 76.1 Å². The first-order valence-corrected chi connectivity index (χ1v) is 14.7. The van der Waals surface area contributed by atoms with E-state index in [2.05, 4.69) is 39.0 Å². The molecule has 9 heteroatoms.